The topological polar surface area (TPSA) is 35.5 Å². The van der Waals surface area contributed by atoms with E-state index in [1.54, 1.807) is 19.2 Å². The Balaban J connectivity index is 2.59. The van der Waals surface area contributed by atoms with Gasteiger partial charge in [0.2, 0.25) is 0 Å². The number of hydrogen-bond donors (Lipinski definition) is 0. The highest BCUT2D eigenvalue weighted by molar-refractivity contribution is 5.98. The Hall–Kier alpha value is -1.35. The van der Waals surface area contributed by atoms with E-state index in [-0.39, 0.29) is 11.9 Å². The van der Waals surface area contributed by atoms with Crippen LogP contribution in [0.4, 0.5) is 0 Å². The van der Waals surface area contributed by atoms with Gasteiger partial charge in [0.05, 0.1) is 25.4 Å². The molecule has 0 saturated heterocycles. The van der Waals surface area contributed by atoms with Crippen LogP contribution in [0.25, 0.3) is 0 Å². The maximum atomic E-state index is 11.8. The zero-order valence-corrected chi connectivity index (χ0v) is 10.0. The number of para-hydroxylation sites is 1. The minimum absolute atomic E-state index is 0.0538. The first kappa shape index (κ1) is 12.7. The van der Waals surface area contributed by atoms with Gasteiger partial charge < -0.3 is 9.47 Å². The van der Waals surface area contributed by atoms with Crippen LogP contribution >= 0.6 is 0 Å². The molecule has 0 fully saturated rings. The quantitative estimate of drug-likeness (QED) is 0.694. The molecule has 0 radical (unpaired) electrons. The molecule has 1 rings (SSSR count). The summed E-state index contributed by atoms with van der Waals surface area (Å²) in [6, 6.07) is 7.24. The van der Waals surface area contributed by atoms with Crippen LogP contribution in [0, 0.1) is 0 Å². The Kier molecular flexibility index (Phi) is 4.99. The second kappa shape index (κ2) is 6.28. The minimum Gasteiger partial charge on any atom is -0.496 e. The monoisotopic (exact) mass is 222 g/mol. The van der Waals surface area contributed by atoms with Gasteiger partial charge in [-0.2, -0.15) is 0 Å². The summed E-state index contributed by atoms with van der Waals surface area (Å²) in [7, 11) is 1.57. The van der Waals surface area contributed by atoms with E-state index >= 15 is 0 Å². The molecule has 0 unspecified atom stereocenters. The highest BCUT2D eigenvalue weighted by Crippen LogP contribution is 2.18. The maximum Gasteiger partial charge on any atom is 0.168 e. The lowest BCUT2D eigenvalue weighted by atomic mass is 10.1. The predicted molar refractivity (Wildman–Crippen MR) is 63.0 cm³/mol. The predicted octanol–water partition coefficient (Wildman–Crippen LogP) is 2.69. The van der Waals surface area contributed by atoms with Crippen molar-refractivity contribution in [2.24, 2.45) is 0 Å². The zero-order valence-electron chi connectivity index (χ0n) is 10.0. The third-order valence-electron chi connectivity index (χ3n) is 2.19. The summed E-state index contributed by atoms with van der Waals surface area (Å²) in [5.74, 6) is 0.676. The maximum absolute atomic E-state index is 11.8. The van der Waals surface area contributed by atoms with Crippen molar-refractivity contribution < 1.29 is 14.3 Å². The highest BCUT2D eigenvalue weighted by atomic mass is 16.5. The van der Waals surface area contributed by atoms with E-state index in [0.29, 0.717) is 24.3 Å². The molecule has 88 valence electrons. The van der Waals surface area contributed by atoms with Gasteiger partial charge in [0.1, 0.15) is 5.75 Å². The summed E-state index contributed by atoms with van der Waals surface area (Å²) >= 11 is 0. The number of Topliss-reactive ketones (excluding diaryl/α,β-unsaturated/α-hetero) is 1. The lowest BCUT2D eigenvalue weighted by molar-refractivity contribution is 0.0677. The smallest absolute Gasteiger partial charge is 0.168 e. The molecule has 0 aromatic heterocycles. The molecule has 3 heteroatoms. The number of ketones is 1. The van der Waals surface area contributed by atoms with Crippen LogP contribution in [0.2, 0.25) is 0 Å². The van der Waals surface area contributed by atoms with Gasteiger partial charge in [-0.3, -0.25) is 4.79 Å². The number of methoxy groups -OCH3 is 1. The summed E-state index contributed by atoms with van der Waals surface area (Å²) in [4.78, 5) is 11.8. The molecular formula is C13H18O3. The van der Waals surface area contributed by atoms with E-state index in [0.717, 1.165) is 0 Å². The molecule has 0 aliphatic carbocycles. The Morgan fingerprint density at radius 2 is 2.00 bits per heavy atom. The summed E-state index contributed by atoms with van der Waals surface area (Å²) in [6.45, 7) is 4.36. The van der Waals surface area contributed by atoms with Gasteiger partial charge in [0.25, 0.3) is 0 Å². The van der Waals surface area contributed by atoms with Gasteiger partial charge in [-0.25, -0.2) is 0 Å². The first-order valence-electron chi connectivity index (χ1n) is 5.43. The zero-order chi connectivity index (χ0) is 12.0. The normalized spacial score (nSPS) is 10.5. The highest BCUT2D eigenvalue weighted by Gasteiger charge is 2.11. The SMILES string of the molecule is COc1ccccc1C(=O)CCOC(C)C. The van der Waals surface area contributed by atoms with Gasteiger partial charge in [-0.1, -0.05) is 12.1 Å². The van der Waals surface area contributed by atoms with Crippen LogP contribution in [0.1, 0.15) is 30.6 Å². The largest absolute Gasteiger partial charge is 0.496 e. The summed E-state index contributed by atoms with van der Waals surface area (Å²) in [5, 5.41) is 0. The third-order valence-corrected chi connectivity index (χ3v) is 2.19. The fourth-order valence-electron chi connectivity index (χ4n) is 1.40. The molecule has 0 saturated carbocycles. The van der Waals surface area contributed by atoms with Crippen molar-refractivity contribution in [2.75, 3.05) is 13.7 Å². The van der Waals surface area contributed by atoms with Gasteiger partial charge in [0.15, 0.2) is 5.78 Å². The molecule has 0 amide bonds. The molecule has 3 nitrogen and oxygen atoms in total. The Morgan fingerprint density at radius 1 is 1.31 bits per heavy atom. The van der Waals surface area contributed by atoms with E-state index < -0.39 is 0 Å². The second-order valence-corrected chi connectivity index (χ2v) is 3.79. The van der Waals surface area contributed by atoms with Crippen LogP contribution in [-0.4, -0.2) is 25.6 Å². The number of rotatable bonds is 6. The van der Waals surface area contributed by atoms with E-state index in [2.05, 4.69) is 0 Å². The molecule has 0 heterocycles. The number of carbonyl (C=O) groups is 1. The Morgan fingerprint density at radius 3 is 2.62 bits per heavy atom. The molecule has 0 spiro atoms. The first-order valence-corrected chi connectivity index (χ1v) is 5.43. The molecule has 0 N–H and O–H groups in total. The molecule has 1 aromatic rings. The Bertz CT molecular complexity index is 345. The van der Waals surface area contributed by atoms with Gasteiger partial charge in [-0.05, 0) is 26.0 Å². The van der Waals surface area contributed by atoms with E-state index in [1.807, 2.05) is 26.0 Å². The number of benzene rings is 1. The van der Waals surface area contributed by atoms with Crippen molar-refractivity contribution in [2.45, 2.75) is 26.4 Å². The standard InChI is InChI=1S/C13H18O3/c1-10(2)16-9-8-12(14)11-6-4-5-7-13(11)15-3/h4-7,10H,8-9H2,1-3H3. The fraction of sp³-hybridized carbons (Fsp3) is 0.462. The average Bonchev–Trinajstić information content (AvgIpc) is 2.28. The van der Waals surface area contributed by atoms with Gasteiger partial charge >= 0.3 is 0 Å². The van der Waals surface area contributed by atoms with Crippen molar-refractivity contribution in [3.8, 4) is 5.75 Å². The Labute approximate surface area is 96.4 Å². The summed E-state index contributed by atoms with van der Waals surface area (Å²) in [5.41, 5.74) is 0.623. The van der Waals surface area contributed by atoms with E-state index in [4.69, 9.17) is 9.47 Å². The van der Waals surface area contributed by atoms with Crippen molar-refractivity contribution in [1.82, 2.24) is 0 Å². The van der Waals surface area contributed by atoms with Crippen molar-refractivity contribution in [3.05, 3.63) is 29.8 Å². The van der Waals surface area contributed by atoms with Crippen LogP contribution in [0.15, 0.2) is 24.3 Å². The molecular weight excluding hydrogens is 204 g/mol. The third kappa shape index (κ3) is 3.66. The van der Waals surface area contributed by atoms with Gasteiger partial charge in [-0.15, -0.1) is 0 Å². The van der Waals surface area contributed by atoms with Crippen LogP contribution in [0.3, 0.4) is 0 Å². The second-order valence-electron chi connectivity index (χ2n) is 3.79. The molecule has 0 bridgehead atoms. The van der Waals surface area contributed by atoms with Crippen LogP contribution in [0.5, 0.6) is 5.75 Å². The summed E-state index contributed by atoms with van der Waals surface area (Å²) < 4.78 is 10.5. The van der Waals surface area contributed by atoms with Crippen LogP contribution < -0.4 is 4.74 Å². The minimum atomic E-state index is 0.0538. The fourth-order valence-corrected chi connectivity index (χ4v) is 1.40. The van der Waals surface area contributed by atoms with E-state index in [1.165, 1.54) is 0 Å². The van der Waals surface area contributed by atoms with Crippen molar-refractivity contribution in [1.29, 1.82) is 0 Å². The number of hydrogen-bond acceptors (Lipinski definition) is 3. The summed E-state index contributed by atoms with van der Waals surface area (Å²) in [6.07, 6.45) is 0.545. The first-order chi connectivity index (χ1) is 7.65. The molecule has 16 heavy (non-hydrogen) atoms. The lowest BCUT2D eigenvalue weighted by Crippen LogP contribution is -2.09. The average molecular weight is 222 g/mol. The van der Waals surface area contributed by atoms with Crippen molar-refractivity contribution >= 4 is 5.78 Å². The van der Waals surface area contributed by atoms with Crippen LogP contribution in [-0.2, 0) is 4.74 Å². The molecule has 1 aromatic carbocycles. The van der Waals surface area contributed by atoms with Gasteiger partial charge in [0, 0.05) is 6.42 Å². The van der Waals surface area contributed by atoms with Crippen molar-refractivity contribution in [3.63, 3.8) is 0 Å². The molecule has 0 aliphatic rings. The lowest BCUT2D eigenvalue weighted by Gasteiger charge is -2.09. The van der Waals surface area contributed by atoms with E-state index in [9.17, 15) is 4.79 Å². The number of carbonyl (C=O) groups excluding carboxylic acids is 1. The number of ether oxygens (including phenoxy) is 2. The molecule has 0 aliphatic heterocycles. The molecule has 0 atom stereocenters.